The molecule has 2 fully saturated rings. The topological polar surface area (TPSA) is 118 Å². The molecule has 1 unspecified atom stereocenters. The summed E-state index contributed by atoms with van der Waals surface area (Å²) >= 11 is 0. The van der Waals surface area contributed by atoms with Gasteiger partial charge in [0.05, 0.1) is 11.7 Å². The number of aromatic nitrogens is 5. The van der Waals surface area contributed by atoms with E-state index in [0.717, 1.165) is 48.7 Å². The van der Waals surface area contributed by atoms with Crippen molar-refractivity contribution in [2.45, 2.75) is 52.5 Å². The van der Waals surface area contributed by atoms with E-state index in [1.807, 2.05) is 25.1 Å². The van der Waals surface area contributed by atoms with E-state index in [0.29, 0.717) is 24.5 Å². The zero-order chi connectivity index (χ0) is 22.3. The number of hydrogen-bond donors (Lipinski definition) is 3. The van der Waals surface area contributed by atoms with Gasteiger partial charge in [0.15, 0.2) is 5.69 Å². The second-order valence-corrected chi connectivity index (χ2v) is 9.39. The van der Waals surface area contributed by atoms with Crippen LogP contribution in [0.4, 0.5) is 0 Å². The van der Waals surface area contributed by atoms with Crippen molar-refractivity contribution < 1.29 is 9.59 Å². The van der Waals surface area contributed by atoms with Crippen molar-refractivity contribution in [2.24, 2.45) is 10.8 Å². The molecule has 1 spiro atoms. The molecule has 5 rings (SSSR count). The van der Waals surface area contributed by atoms with E-state index < -0.39 is 0 Å². The van der Waals surface area contributed by atoms with Crippen LogP contribution in [0, 0.1) is 17.8 Å². The maximum absolute atomic E-state index is 13.0. The standard InChI is InChI=1S/C23H29N7O2/c1-3-10-30-11-17(26-29-30)20(31)24-13-23(12-22(23)8-5-9-22)14-25-21(32)19-16-7-4-6-15(2)18(16)27-28-19/h4,6-7,11H,3,5,8-10,12-14H2,1-2H3,(H,24,31)(H,25,32)(H,27,28). The molecule has 168 valence electrons. The highest BCUT2D eigenvalue weighted by Gasteiger charge is 2.69. The summed E-state index contributed by atoms with van der Waals surface area (Å²) in [7, 11) is 0. The first kappa shape index (κ1) is 20.7. The Morgan fingerprint density at radius 3 is 2.66 bits per heavy atom. The maximum atomic E-state index is 13.0. The summed E-state index contributed by atoms with van der Waals surface area (Å²) < 4.78 is 1.69. The van der Waals surface area contributed by atoms with E-state index in [-0.39, 0.29) is 22.6 Å². The predicted octanol–water partition coefficient (Wildman–Crippen LogP) is 2.59. The van der Waals surface area contributed by atoms with Crippen molar-refractivity contribution in [3.05, 3.63) is 41.3 Å². The number of nitrogens with one attached hydrogen (secondary N) is 3. The fourth-order valence-electron chi connectivity index (χ4n) is 5.25. The number of benzene rings is 1. The van der Waals surface area contributed by atoms with E-state index in [9.17, 15) is 9.59 Å². The van der Waals surface area contributed by atoms with Crippen molar-refractivity contribution >= 4 is 22.7 Å². The number of aromatic amines is 1. The molecule has 2 saturated carbocycles. The average Bonchev–Trinajstić information content (AvgIpc) is 3.04. The molecule has 1 aromatic carbocycles. The summed E-state index contributed by atoms with van der Waals surface area (Å²) in [4.78, 5) is 25.6. The van der Waals surface area contributed by atoms with Crippen molar-refractivity contribution in [1.29, 1.82) is 0 Å². The van der Waals surface area contributed by atoms with Gasteiger partial charge in [0.2, 0.25) is 0 Å². The number of aryl methyl sites for hydroxylation is 2. The van der Waals surface area contributed by atoms with Crippen LogP contribution in [0.25, 0.3) is 10.9 Å². The van der Waals surface area contributed by atoms with Crippen LogP contribution in [0.2, 0.25) is 0 Å². The molecule has 0 saturated heterocycles. The minimum Gasteiger partial charge on any atom is -0.350 e. The average molecular weight is 436 g/mol. The van der Waals surface area contributed by atoms with Gasteiger partial charge in [0.25, 0.3) is 11.8 Å². The molecule has 9 heteroatoms. The van der Waals surface area contributed by atoms with Crippen LogP contribution in [-0.2, 0) is 6.54 Å². The van der Waals surface area contributed by atoms with Crippen molar-refractivity contribution in [3.63, 3.8) is 0 Å². The first-order chi connectivity index (χ1) is 15.5. The van der Waals surface area contributed by atoms with Gasteiger partial charge >= 0.3 is 0 Å². The van der Waals surface area contributed by atoms with Crippen LogP contribution in [0.1, 0.15) is 65.6 Å². The molecule has 0 radical (unpaired) electrons. The molecule has 0 bridgehead atoms. The summed E-state index contributed by atoms with van der Waals surface area (Å²) in [5.74, 6) is -0.373. The summed E-state index contributed by atoms with van der Waals surface area (Å²) in [5, 5.41) is 22.2. The van der Waals surface area contributed by atoms with E-state index >= 15 is 0 Å². The Balaban J connectivity index is 1.25. The summed E-state index contributed by atoms with van der Waals surface area (Å²) in [6.07, 6.45) is 7.14. The Labute approximate surface area is 186 Å². The van der Waals surface area contributed by atoms with Gasteiger partial charge in [0, 0.05) is 30.4 Å². The molecular weight excluding hydrogens is 406 g/mol. The van der Waals surface area contributed by atoms with E-state index in [2.05, 4.69) is 38.1 Å². The third kappa shape index (κ3) is 3.36. The van der Waals surface area contributed by atoms with E-state index in [1.165, 1.54) is 6.42 Å². The number of hydrogen-bond acceptors (Lipinski definition) is 5. The molecule has 2 heterocycles. The van der Waals surface area contributed by atoms with Gasteiger partial charge < -0.3 is 10.6 Å². The SMILES string of the molecule is CCCn1cc(C(=O)NCC2(CNC(=O)c3[nH]nc4c(C)cccc34)CC23CCC3)nn1. The van der Waals surface area contributed by atoms with Crippen LogP contribution in [0.5, 0.6) is 0 Å². The lowest BCUT2D eigenvalue weighted by atomic mass is 9.75. The largest absolute Gasteiger partial charge is 0.350 e. The number of nitrogens with zero attached hydrogens (tertiary/aromatic N) is 4. The number of fused-ring (bicyclic) bond motifs is 1. The fourth-order valence-corrected chi connectivity index (χ4v) is 5.25. The summed E-state index contributed by atoms with van der Waals surface area (Å²) in [6, 6.07) is 5.82. The van der Waals surface area contributed by atoms with Crippen molar-refractivity contribution in [2.75, 3.05) is 13.1 Å². The van der Waals surface area contributed by atoms with E-state index in [1.54, 1.807) is 10.9 Å². The van der Waals surface area contributed by atoms with Gasteiger partial charge in [-0.25, -0.2) is 0 Å². The van der Waals surface area contributed by atoms with Crippen LogP contribution in [-0.4, -0.2) is 50.1 Å². The number of rotatable bonds is 8. The highest BCUT2D eigenvalue weighted by Crippen LogP contribution is 2.73. The number of carbonyl (C=O) groups is 2. The minimum absolute atomic E-state index is 0.109. The first-order valence-electron chi connectivity index (χ1n) is 11.4. The fraction of sp³-hybridized carbons (Fsp3) is 0.522. The minimum atomic E-state index is -0.213. The molecule has 32 heavy (non-hydrogen) atoms. The molecule has 3 N–H and O–H groups in total. The van der Waals surface area contributed by atoms with Gasteiger partial charge in [0.1, 0.15) is 5.69 Å². The number of H-pyrrole nitrogens is 1. The zero-order valence-corrected chi connectivity index (χ0v) is 18.6. The van der Waals surface area contributed by atoms with Crippen LogP contribution >= 0.6 is 0 Å². The zero-order valence-electron chi connectivity index (χ0n) is 18.6. The third-order valence-corrected chi connectivity index (χ3v) is 7.40. The Morgan fingerprint density at radius 2 is 1.97 bits per heavy atom. The molecule has 2 aromatic heterocycles. The molecule has 1 atom stereocenters. The molecular formula is C23H29N7O2. The lowest BCUT2D eigenvalue weighted by Crippen LogP contribution is -2.42. The van der Waals surface area contributed by atoms with Crippen molar-refractivity contribution in [3.8, 4) is 0 Å². The van der Waals surface area contributed by atoms with Crippen LogP contribution < -0.4 is 10.6 Å². The molecule has 2 amide bonds. The Bertz CT molecular complexity index is 1180. The lowest BCUT2D eigenvalue weighted by Gasteiger charge is -2.33. The van der Waals surface area contributed by atoms with Gasteiger partial charge in [-0.2, -0.15) is 5.10 Å². The predicted molar refractivity (Wildman–Crippen MR) is 119 cm³/mol. The molecule has 2 aliphatic rings. The Kier molecular flexibility index (Phi) is 4.98. The Morgan fingerprint density at radius 1 is 1.19 bits per heavy atom. The number of carbonyl (C=O) groups excluding carboxylic acids is 2. The molecule has 2 aliphatic carbocycles. The highest BCUT2D eigenvalue weighted by atomic mass is 16.2. The smallest absolute Gasteiger partial charge is 0.273 e. The van der Waals surface area contributed by atoms with E-state index in [4.69, 9.17) is 0 Å². The van der Waals surface area contributed by atoms with Gasteiger partial charge in [-0.05, 0) is 43.6 Å². The monoisotopic (exact) mass is 435 g/mol. The van der Waals surface area contributed by atoms with Gasteiger partial charge in [-0.3, -0.25) is 19.4 Å². The molecule has 9 nitrogen and oxygen atoms in total. The second-order valence-electron chi connectivity index (χ2n) is 9.39. The Hall–Kier alpha value is -3.23. The quantitative estimate of drug-likeness (QED) is 0.503. The normalized spacial score (nSPS) is 20.8. The van der Waals surface area contributed by atoms with Crippen LogP contribution in [0.15, 0.2) is 24.4 Å². The van der Waals surface area contributed by atoms with Crippen LogP contribution in [0.3, 0.4) is 0 Å². The summed E-state index contributed by atoms with van der Waals surface area (Å²) in [6.45, 7) is 5.82. The molecule has 0 aliphatic heterocycles. The first-order valence-corrected chi connectivity index (χ1v) is 11.4. The third-order valence-electron chi connectivity index (χ3n) is 7.40. The van der Waals surface area contributed by atoms with Gasteiger partial charge in [-0.15, -0.1) is 5.10 Å². The second kappa shape index (κ2) is 7.72. The maximum Gasteiger partial charge on any atom is 0.273 e. The van der Waals surface area contributed by atoms with Crippen molar-refractivity contribution in [1.82, 2.24) is 35.8 Å². The van der Waals surface area contributed by atoms with Gasteiger partial charge in [-0.1, -0.05) is 36.8 Å². The lowest BCUT2D eigenvalue weighted by molar-refractivity contribution is 0.0906. The number of amides is 2. The number of para-hydroxylation sites is 1. The summed E-state index contributed by atoms with van der Waals surface area (Å²) in [5.41, 5.74) is 2.79. The molecule has 3 aromatic rings. The highest BCUT2D eigenvalue weighted by molar-refractivity contribution is 6.05.